The van der Waals surface area contributed by atoms with Gasteiger partial charge in [-0.15, -0.1) is 0 Å². The van der Waals surface area contributed by atoms with E-state index in [-0.39, 0.29) is 0 Å². The zero-order valence-corrected chi connectivity index (χ0v) is 34.5. The summed E-state index contributed by atoms with van der Waals surface area (Å²) >= 11 is 0. The smallest absolute Gasteiger partial charge is 0.160 e. The van der Waals surface area contributed by atoms with Crippen molar-refractivity contribution in [2.24, 2.45) is 0 Å². The quantitative estimate of drug-likeness (QED) is 0.166. The highest BCUT2D eigenvalue weighted by Crippen LogP contribution is 2.45. The maximum Gasteiger partial charge on any atom is 0.160 e. The van der Waals surface area contributed by atoms with Crippen LogP contribution in [0.2, 0.25) is 0 Å². The molecule has 14 rings (SSSR count). The van der Waals surface area contributed by atoms with Crippen molar-refractivity contribution in [1.29, 1.82) is 0 Å². The van der Waals surface area contributed by atoms with Crippen molar-refractivity contribution < 1.29 is 4.42 Å². The standard InChI is InChI=1S/C60H35N3O/c1-3-16-40-33-55-50(31-38(40)14-1)48-21-9-10-23-54(48)63(55)59-49(28-29-56-58(59)51-32-39-15-2-4-17-41(39)34-57(51)64-56)53-35-52(47-22-11-18-36-12-5-8-20-45(36)47)61-60(62-53)43-26-27-46-42(30-43)25-24-37-13-6-7-19-44(37)46/h1-35H. The molecular formula is C60H35N3O. The van der Waals surface area contributed by atoms with Crippen LogP contribution in [0.3, 0.4) is 0 Å². The molecule has 0 amide bonds. The van der Waals surface area contributed by atoms with Gasteiger partial charge in [-0.3, -0.25) is 0 Å². The van der Waals surface area contributed by atoms with Gasteiger partial charge in [0.2, 0.25) is 0 Å². The van der Waals surface area contributed by atoms with Crippen molar-refractivity contribution in [3.8, 4) is 39.6 Å². The molecule has 0 saturated carbocycles. The lowest BCUT2D eigenvalue weighted by molar-refractivity contribution is 0.669. The zero-order valence-electron chi connectivity index (χ0n) is 34.5. The zero-order chi connectivity index (χ0) is 41.9. The number of benzene rings is 11. The normalized spacial score (nSPS) is 12.1. The van der Waals surface area contributed by atoms with E-state index in [4.69, 9.17) is 14.4 Å². The van der Waals surface area contributed by atoms with Gasteiger partial charge in [-0.05, 0) is 108 Å². The molecule has 296 valence electrons. The maximum atomic E-state index is 6.84. The molecule has 0 aliphatic heterocycles. The van der Waals surface area contributed by atoms with Crippen molar-refractivity contribution in [2.45, 2.75) is 0 Å². The lowest BCUT2D eigenvalue weighted by Crippen LogP contribution is -2.02. The molecule has 0 spiro atoms. The van der Waals surface area contributed by atoms with E-state index in [2.05, 4.69) is 217 Å². The molecule has 0 N–H and O–H groups in total. The minimum atomic E-state index is 0.665. The van der Waals surface area contributed by atoms with Gasteiger partial charge in [-0.2, -0.15) is 0 Å². The van der Waals surface area contributed by atoms with Crippen LogP contribution in [0.1, 0.15) is 0 Å². The average molecular weight is 814 g/mol. The van der Waals surface area contributed by atoms with Gasteiger partial charge in [0.05, 0.1) is 33.5 Å². The molecule has 14 aromatic rings. The highest BCUT2D eigenvalue weighted by atomic mass is 16.3. The Labute approximate surface area is 366 Å². The third-order valence-corrected chi connectivity index (χ3v) is 13.3. The van der Waals surface area contributed by atoms with Gasteiger partial charge in [0.15, 0.2) is 5.82 Å². The average Bonchev–Trinajstić information content (AvgIpc) is 3.88. The van der Waals surface area contributed by atoms with Gasteiger partial charge in [0, 0.05) is 32.8 Å². The topological polar surface area (TPSA) is 43.9 Å². The first-order valence-corrected chi connectivity index (χ1v) is 21.8. The summed E-state index contributed by atoms with van der Waals surface area (Å²) in [7, 11) is 0. The van der Waals surface area contributed by atoms with Crippen molar-refractivity contribution in [3.05, 3.63) is 212 Å². The number of rotatable bonds is 4. The number of hydrogen-bond donors (Lipinski definition) is 0. The van der Waals surface area contributed by atoms with Crippen LogP contribution in [0.4, 0.5) is 0 Å². The second-order valence-corrected chi connectivity index (χ2v) is 16.9. The van der Waals surface area contributed by atoms with E-state index in [1.165, 1.54) is 37.7 Å². The van der Waals surface area contributed by atoms with E-state index in [1.54, 1.807) is 0 Å². The van der Waals surface area contributed by atoms with E-state index in [1.807, 2.05) is 0 Å². The molecule has 3 heterocycles. The summed E-state index contributed by atoms with van der Waals surface area (Å²) < 4.78 is 9.30. The fourth-order valence-corrected chi connectivity index (χ4v) is 10.3. The van der Waals surface area contributed by atoms with E-state index >= 15 is 0 Å². The molecule has 0 fully saturated rings. The molecular weight excluding hydrogens is 779 g/mol. The largest absolute Gasteiger partial charge is 0.456 e. The molecule has 0 atom stereocenters. The van der Waals surface area contributed by atoms with E-state index < -0.39 is 0 Å². The number of aromatic nitrogens is 3. The van der Waals surface area contributed by atoms with Gasteiger partial charge in [-0.25, -0.2) is 9.97 Å². The van der Waals surface area contributed by atoms with Crippen LogP contribution >= 0.6 is 0 Å². The summed E-state index contributed by atoms with van der Waals surface area (Å²) in [4.78, 5) is 11.0. The first-order valence-electron chi connectivity index (χ1n) is 21.8. The van der Waals surface area contributed by atoms with Crippen LogP contribution in [0.5, 0.6) is 0 Å². The van der Waals surface area contributed by atoms with Crippen molar-refractivity contribution >= 4 is 97.6 Å². The summed E-state index contributed by atoms with van der Waals surface area (Å²) in [5.41, 5.74) is 9.60. The summed E-state index contributed by atoms with van der Waals surface area (Å²) in [5.74, 6) is 0.665. The van der Waals surface area contributed by atoms with Gasteiger partial charge in [-0.1, -0.05) is 158 Å². The Hall–Kier alpha value is -8.60. The summed E-state index contributed by atoms with van der Waals surface area (Å²) in [6.07, 6.45) is 0. The Morgan fingerprint density at radius 1 is 0.328 bits per heavy atom. The van der Waals surface area contributed by atoms with Gasteiger partial charge in [0.1, 0.15) is 11.2 Å². The fourth-order valence-electron chi connectivity index (χ4n) is 10.3. The van der Waals surface area contributed by atoms with E-state index in [9.17, 15) is 0 Å². The Morgan fingerprint density at radius 2 is 0.922 bits per heavy atom. The minimum Gasteiger partial charge on any atom is -0.456 e. The first-order chi connectivity index (χ1) is 31.7. The molecule has 0 bridgehead atoms. The lowest BCUT2D eigenvalue weighted by atomic mass is 9.97. The van der Waals surface area contributed by atoms with Crippen LogP contribution in [0, 0.1) is 0 Å². The number of nitrogens with zero attached hydrogens (tertiary/aromatic N) is 3. The third kappa shape index (κ3) is 5.23. The molecule has 0 radical (unpaired) electrons. The van der Waals surface area contributed by atoms with Crippen molar-refractivity contribution in [3.63, 3.8) is 0 Å². The molecule has 0 aliphatic carbocycles. The van der Waals surface area contributed by atoms with Crippen LogP contribution in [0.25, 0.3) is 137 Å². The number of furan rings is 1. The molecule has 4 nitrogen and oxygen atoms in total. The Bertz CT molecular complexity index is 4260. The predicted octanol–water partition coefficient (Wildman–Crippen LogP) is 16.2. The number of para-hydroxylation sites is 1. The van der Waals surface area contributed by atoms with Crippen LogP contribution in [-0.4, -0.2) is 14.5 Å². The monoisotopic (exact) mass is 813 g/mol. The van der Waals surface area contributed by atoms with Crippen molar-refractivity contribution in [2.75, 3.05) is 0 Å². The second kappa shape index (κ2) is 13.4. The Kier molecular flexibility index (Phi) is 7.36. The SMILES string of the molecule is c1ccc2cc3c(cc2c1)oc1ccc(-c2cc(-c4cccc5ccccc45)nc(-c4ccc5c(ccc6ccccc65)c4)n2)c(-n2c4ccccc4c4cc5ccccc5cc42)c13. The third-order valence-electron chi connectivity index (χ3n) is 13.3. The fraction of sp³-hybridized carbons (Fsp3) is 0. The Balaban J connectivity index is 1.12. The molecule has 3 aromatic heterocycles. The van der Waals surface area contributed by atoms with E-state index in [0.717, 1.165) is 93.7 Å². The van der Waals surface area contributed by atoms with Gasteiger partial charge >= 0.3 is 0 Å². The van der Waals surface area contributed by atoms with Crippen LogP contribution in [0.15, 0.2) is 217 Å². The molecule has 4 heteroatoms. The summed E-state index contributed by atoms with van der Waals surface area (Å²) in [6.45, 7) is 0. The highest BCUT2D eigenvalue weighted by molar-refractivity contribution is 6.20. The highest BCUT2D eigenvalue weighted by Gasteiger charge is 2.24. The Morgan fingerprint density at radius 3 is 1.72 bits per heavy atom. The van der Waals surface area contributed by atoms with Gasteiger partial charge in [0.25, 0.3) is 0 Å². The number of hydrogen-bond acceptors (Lipinski definition) is 3. The van der Waals surface area contributed by atoms with Crippen LogP contribution in [-0.2, 0) is 0 Å². The number of fused-ring (bicyclic) bond motifs is 12. The first kappa shape index (κ1) is 35.0. The maximum absolute atomic E-state index is 6.84. The summed E-state index contributed by atoms with van der Waals surface area (Å²) in [6, 6.07) is 76.3. The molecule has 11 aromatic carbocycles. The molecule has 0 aliphatic rings. The lowest BCUT2D eigenvalue weighted by Gasteiger charge is -2.17. The second-order valence-electron chi connectivity index (χ2n) is 16.9. The summed E-state index contributed by atoms with van der Waals surface area (Å²) in [5, 5.41) is 16.3. The minimum absolute atomic E-state index is 0.665. The molecule has 64 heavy (non-hydrogen) atoms. The van der Waals surface area contributed by atoms with Crippen LogP contribution < -0.4 is 0 Å². The van der Waals surface area contributed by atoms with Gasteiger partial charge < -0.3 is 8.98 Å². The molecule has 0 saturated heterocycles. The van der Waals surface area contributed by atoms with Crippen molar-refractivity contribution in [1.82, 2.24) is 14.5 Å². The molecule has 0 unspecified atom stereocenters. The van der Waals surface area contributed by atoms with E-state index in [0.29, 0.717) is 5.82 Å². The predicted molar refractivity (Wildman–Crippen MR) is 267 cm³/mol.